The van der Waals surface area contributed by atoms with Crippen molar-refractivity contribution < 1.29 is 9.90 Å². The maximum Gasteiger partial charge on any atom is 0.336 e. The van der Waals surface area contributed by atoms with E-state index in [4.69, 9.17) is 5.73 Å². The van der Waals surface area contributed by atoms with E-state index >= 15 is 0 Å². The van der Waals surface area contributed by atoms with Gasteiger partial charge in [-0.2, -0.15) is 0 Å². The predicted octanol–water partition coefficient (Wildman–Crippen LogP) is 2.11. The van der Waals surface area contributed by atoms with Gasteiger partial charge in [0.25, 0.3) is 0 Å². The lowest BCUT2D eigenvalue weighted by molar-refractivity contribution is 0.0695. The molecule has 0 spiro atoms. The lowest BCUT2D eigenvalue weighted by Gasteiger charge is -2.18. The number of carboxylic acid groups (broad SMARTS) is 1. The summed E-state index contributed by atoms with van der Waals surface area (Å²) in [6, 6.07) is 7.05. The van der Waals surface area contributed by atoms with Gasteiger partial charge in [0, 0.05) is 0 Å². The fraction of sp³-hybridized carbons (Fsp3) is 0.154. The van der Waals surface area contributed by atoms with Crippen molar-refractivity contribution in [3.8, 4) is 0 Å². The van der Waals surface area contributed by atoms with Gasteiger partial charge in [-0.3, -0.25) is 0 Å². The Morgan fingerprint density at radius 2 is 1.94 bits per heavy atom. The number of allylic oxidation sites excluding steroid dienone is 2. The zero-order chi connectivity index (χ0) is 12.1. The summed E-state index contributed by atoms with van der Waals surface area (Å²) in [5.74, 6) is -0.909. The number of thioether (sulfide) groups is 1. The molecule has 1 aromatic carbocycles. The van der Waals surface area contributed by atoms with Gasteiger partial charge in [-0.1, -0.05) is 42.5 Å². The minimum atomic E-state index is -0.909. The van der Waals surface area contributed by atoms with E-state index in [2.05, 4.69) is 0 Å². The number of nitrogens with two attached hydrogens (primary N) is 1. The summed E-state index contributed by atoms with van der Waals surface area (Å²) in [5, 5.41) is 9.22. The maximum atomic E-state index is 11.2. The van der Waals surface area contributed by atoms with Crippen LogP contribution in [0.2, 0.25) is 0 Å². The highest BCUT2D eigenvalue weighted by atomic mass is 32.2. The van der Waals surface area contributed by atoms with Crippen LogP contribution in [0.4, 0.5) is 0 Å². The van der Waals surface area contributed by atoms with E-state index in [0.29, 0.717) is 5.56 Å². The van der Waals surface area contributed by atoms with E-state index in [1.165, 1.54) is 0 Å². The van der Waals surface area contributed by atoms with Gasteiger partial charge in [0.1, 0.15) is 4.87 Å². The molecule has 1 aliphatic carbocycles. The Bertz CT molecular complexity index is 566. The second-order valence-electron chi connectivity index (χ2n) is 4.20. The lowest BCUT2D eigenvalue weighted by atomic mass is 9.86. The van der Waals surface area contributed by atoms with E-state index in [0.717, 1.165) is 5.56 Å². The molecular formula is C13H11NO2S. The Kier molecular flexibility index (Phi) is 2.03. The van der Waals surface area contributed by atoms with Gasteiger partial charge < -0.3 is 10.8 Å². The van der Waals surface area contributed by atoms with Gasteiger partial charge in [-0.05, 0) is 11.6 Å². The zero-order valence-electron chi connectivity index (χ0n) is 8.96. The zero-order valence-corrected chi connectivity index (χ0v) is 9.78. The van der Waals surface area contributed by atoms with Crippen molar-refractivity contribution in [2.75, 3.05) is 0 Å². The monoisotopic (exact) mass is 245 g/mol. The Morgan fingerprint density at radius 3 is 2.65 bits per heavy atom. The molecule has 3 N–H and O–H groups in total. The molecule has 86 valence electrons. The molecule has 1 fully saturated rings. The molecule has 0 bridgehead atoms. The normalized spacial score (nSPS) is 33.2. The van der Waals surface area contributed by atoms with Crippen molar-refractivity contribution in [1.82, 2.24) is 0 Å². The fourth-order valence-electron chi connectivity index (χ4n) is 2.30. The first-order chi connectivity index (χ1) is 8.09. The van der Waals surface area contributed by atoms with Crippen LogP contribution in [0, 0.1) is 0 Å². The van der Waals surface area contributed by atoms with Gasteiger partial charge >= 0.3 is 5.97 Å². The molecule has 3 rings (SSSR count). The molecule has 0 radical (unpaired) electrons. The smallest absolute Gasteiger partial charge is 0.336 e. The number of carboxylic acids is 1. The molecule has 2 atom stereocenters. The number of rotatable bonds is 2. The van der Waals surface area contributed by atoms with Crippen LogP contribution in [0.3, 0.4) is 0 Å². The van der Waals surface area contributed by atoms with Crippen LogP contribution in [0.15, 0.2) is 48.6 Å². The molecule has 3 nitrogen and oxygen atoms in total. The van der Waals surface area contributed by atoms with E-state index in [9.17, 15) is 9.90 Å². The standard InChI is InChI=1S/C13H11NO2S/c14-13-8-4-3-7-12(13,17-13)10-6-2-1-5-9(10)11(15)16/h1-8H,14H2,(H,15,16). The SMILES string of the molecule is NC12C=CC=CC1(c1ccccc1C(=O)O)S2. The topological polar surface area (TPSA) is 63.3 Å². The van der Waals surface area contributed by atoms with Gasteiger partial charge in [-0.25, -0.2) is 4.79 Å². The molecule has 0 amide bonds. The van der Waals surface area contributed by atoms with Crippen molar-refractivity contribution in [2.45, 2.75) is 9.62 Å². The number of hydrogen-bond donors (Lipinski definition) is 2. The largest absolute Gasteiger partial charge is 0.478 e. The number of hydrogen-bond acceptors (Lipinski definition) is 3. The molecule has 2 aliphatic rings. The highest BCUT2D eigenvalue weighted by Gasteiger charge is 2.66. The molecule has 4 heteroatoms. The summed E-state index contributed by atoms with van der Waals surface area (Å²) in [6.45, 7) is 0. The third-order valence-corrected chi connectivity index (χ3v) is 4.82. The van der Waals surface area contributed by atoms with Crippen molar-refractivity contribution in [2.24, 2.45) is 5.73 Å². The minimum absolute atomic E-state index is 0.326. The van der Waals surface area contributed by atoms with Crippen LogP contribution in [-0.4, -0.2) is 15.9 Å². The summed E-state index contributed by atoms with van der Waals surface area (Å²) in [5.41, 5.74) is 7.32. The van der Waals surface area contributed by atoms with Crippen LogP contribution in [-0.2, 0) is 4.75 Å². The molecule has 1 aromatic rings. The number of fused-ring (bicyclic) bond motifs is 1. The summed E-state index contributed by atoms with van der Waals surface area (Å²) in [7, 11) is 0. The average Bonchev–Trinajstić information content (AvgIpc) is 2.96. The van der Waals surface area contributed by atoms with Crippen molar-refractivity contribution >= 4 is 17.7 Å². The first kappa shape index (κ1) is 10.6. The van der Waals surface area contributed by atoms with Crippen LogP contribution in [0.5, 0.6) is 0 Å². The summed E-state index contributed by atoms with van der Waals surface area (Å²) in [4.78, 5) is 10.7. The Labute approximate surface area is 103 Å². The van der Waals surface area contributed by atoms with E-state index < -0.39 is 15.6 Å². The summed E-state index contributed by atoms with van der Waals surface area (Å²) < 4.78 is -0.406. The molecular weight excluding hydrogens is 234 g/mol. The Balaban J connectivity index is 2.16. The lowest BCUT2D eigenvalue weighted by Crippen LogP contribution is -2.32. The van der Waals surface area contributed by atoms with Crippen molar-refractivity contribution in [3.63, 3.8) is 0 Å². The minimum Gasteiger partial charge on any atom is -0.478 e. The van der Waals surface area contributed by atoms with Crippen molar-refractivity contribution in [3.05, 3.63) is 59.7 Å². The van der Waals surface area contributed by atoms with Crippen LogP contribution in [0.25, 0.3) is 0 Å². The van der Waals surface area contributed by atoms with E-state index in [1.807, 2.05) is 36.4 Å². The highest BCUT2D eigenvalue weighted by molar-refractivity contribution is 8.09. The second kappa shape index (κ2) is 3.24. The first-order valence-corrected chi connectivity index (χ1v) is 6.10. The third-order valence-electron chi connectivity index (χ3n) is 3.21. The number of carbonyl (C=O) groups is 1. The highest BCUT2D eigenvalue weighted by Crippen LogP contribution is 2.70. The molecule has 0 saturated carbocycles. The average molecular weight is 245 g/mol. The molecule has 2 unspecified atom stereocenters. The van der Waals surface area contributed by atoms with Crippen LogP contribution >= 0.6 is 11.8 Å². The van der Waals surface area contributed by atoms with E-state index in [1.54, 1.807) is 23.9 Å². The third kappa shape index (κ3) is 1.31. The molecule has 17 heavy (non-hydrogen) atoms. The maximum absolute atomic E-state index is 11.2. The molecule has 0 aromatic heterocycles. The van der Waals surface area contributed by atoms with Crippen molar-refractivity contribution in [1.29, 1.82) is 0 Å². The number of aromatic carboxylic acids is 1. The second-order valence-corrected chi connectivity index (χ2v) is 5.72. The molecule has 1 saturated heterocycles. The van der Waals surface area contributed by atoms with Gasteiger partial charge in [0.05, 0.1) is 10.3 Å². The number of benzene rings is 1. The fourth-order valence-corrected chi connectivity index (χ4v) is 3.61. The van der Waals surface area contributed by atoms with Gasteiger partial charge in [0.15, 0.2) is 0 Å². The summed E-state index contributed by atoms with van der Waals surface area (Å²) >= 11 is 1.57. The van der Waals surface area contributed by atoms with Gasteiger partial charge in [-0.15, -0.1) is 11.8 Å². The van der Waals surface area contributed by atoms with Gasteiger partial charge in [0.2, 0.25) is 0 Å². The molecule has 1 heterocycles. The van der Waals surface area contributed by atoms with Crippen LogP contribution in [0.1, 0.15) is 15.9 Å². The van der Waals surface area contributed by atoms with Crippen LogP contribution < -0.4 is 5.73 Å². The quantitative estimate of drug-likeness (QED) is 0.783. The first-order valence-electron chi connectivity index (χ1n) is 5.28. The molecule has 1 aliphatic heterocycles. The predicted molar refractivity (Wildman–Crippen MR) is 67.9 cm³/mol. The Hall–Kier alpha value is -1.52. The Morgan fingerprint density at radius 1 is 1.24 bits per heavy atom. The van der Waals surface area contributed by atoms with E-state index in [-0.39, 0.29) is 0 Å². The summed E-state index contributed by atoms with van der Waals surface area (Å²) in [6.07, 6.45) is 7.74.